The van der Waals surface area contributed by atoms with Gasteiger partial charge in [-0.1, -0.05) is 27.4 Å². The highest BCUT2D eigenvalue weighted by Crippen LogP contribution is 2.60. The van der Waals surface area contributed by atoms with Gasteiger partial charge in [0.15, 0.2) is 6.10 Å². The molecule has 2 N–H and O–H groups in total. The number of hydrogen-bond donors (Lipinski definition) is 2. The van der Waals surface area contributed by atoms with Crippen molar-refractivity contribution in [3.05, 3.63) is 23.3 Å². The summed E-state index contributed by atoms with van der Waals surface area (Å²) in [4.78, 5) is 37.0. The Kier molecular flexibility index (Phi) is 7.08. The highest BCUT2D eigenvalue weighted by atomic mass is 16.6. The van der Waals surface area contributed by atoms with E-state index < -0.39 is 65.2 Å². The molecule has 0 aromatic rings. The number of fused-ring (bicyclic) bond motifs is 3. The normalized spacial score (nSPS) is 39.3. The molecule has 8 nitrogen and oxygen atoms in total. The van der Waals surface area contributed by atoms with Crippen LogP contribution in [0.15, 0.2) is 23.3 Å². The summed E-state index contributed by atoms with van der Waals surface area (Å²) >= 11 is 0. The molecule has 0 aromatic carbocycles. The Balaban J connectivity index is 2.40. The lowest BCUT2D eigenvalue weighted by Gasteiger charge is -2.59. The van der Waals surface area contributed by atoms with Crippen LogP contribution in [0.3, 0.4) is 0 Å². The number of esters is 3. The second-order valence-corrected chi connectivity index (χ2v) is 10.9. The molecule has 34 heavy (non-hydrogen) atoms. The molecule has 0 amide bonds. The van der Waals surface area contributed by atoms with Crippen molar-refractivity contribution in [2.45, 2.75) is 98.2 Å². The van der Waals surface area contributed by atoms with Gasteiger partial charge in [-0.25, -0.2) is 0 Å². The molecule has 2 saturated carbocycles. The van der Waals surface area contributed by atoms with Crippen LogP contribution in [0.4, 0.5) is 0 Å². The average Bonchev–Trinajstić information content (AvgIpc) is 2.69. The molecule has 0 spiro atoms. The van der Waals surface area contributed by atoms with Gasteiger partial charge < -0.3 is 24.4 Å². The Morgan fingerprint density at radius 1 is 0.941 bits per heavy atom. The summed E-state index contributed by atoms with van der Waals surface area (Å²) in [5.74, 6) is -2.54. The Bertz CT molecular complexity index is 918. The summed E-state index contributed by atoms with van der Waals surface area (Å²) in [7, 11) is 0. The van der Waals surface area contributed by atoms with Crippen molar-refractivity contribution in [3.63, 3.8) is 0 Å². The number of hydrogen-bond acceptors (Lipinski definition) is 8. The van der Waals surface area contributed by atoms with E-state index in [2.05, 4.69) is 6.58 Å². The average molecular weight is 479 g/mol. The third-order valence-corrected chi connectivity index (χ3v) is 8.34. The largest absolute Gasteiger partial charge is 0.462 e. The molecule has 2 fully saturated rings. The van der Waals surface area contributed by atoms with E-state index in [0.29, 0.717) is 36.0 Å². The summed E-state index contributed by atoms with van der Waals surface area (Å²) < 4.78 is 17.8. The van der Waals surface area contributed by atoms with Gasteiger partial charge in [0.2, 0.25) is 0 Å². The molecular weight excluding hydrogens is 440 g/mol. The second-order valence-electron chi connectivity index (χ2n) is 10.9. The molecule has 0 aliphatic heterocycles. The molecule has 8 heteroatoms. The van der Waals surface area contributed by atoms with Crippen molar-refractivity contribution in [2.24, 2.45) is 22.7 Å². The van der Waals surface area contributed by atoms with Crippen LogP contribution < -0.4 is 0 Å². The van der Waals surface area contributed by atoms with Crippen LogP contribution >= 0.6 is 0 Å². The number of carbonyl (C=O) groups excluding carboxylic acids is 3. The number of aliphatic hydroxyl groups excluding tert-OH is 2. The minimum Gasteiger partial charge on any atom is -0.462 e. The van der Waals surface area contributed by atoms with Crippen LogP contribution in [0.2, 0.25) is 0 Å². The third kappa shape index (κ3) is 4.31. The van der Waals surface area contributed by atoms with E-state index in [0.717, 1.165) is 0 Å². The van der Waals surface area contributed by atoms with E-state index in [1.165, 1.54) is 20.8 Å². The summed E-state index contributed by atoms with van der Waals surface area (Å²) in [6.07, 6.45) is -3.22. The molecule has 3 aliphatic rings. The highest BCUT2D eigenvalue weighted by Gasteiger charge is 2.63. The minimum absolute atomic E-state index is 0.321. The van der Waals surface area contributed by atoms with Gasteiger partial charge in [0.1, 0.15) is 12.2 Å². The molecular formula is C26H38O8. The van der Waals surface area contributed by atoms with Crippen LogP contribution in [-0.4, -0.2) is 58.6 Å². The third-order valence-electron chi connectivity index (χ3n) is 8.34. The van der Waals surface area contributed by atoms with Gasteiger partial charge in [-0.15, -0.1) is 0 Å². The molecule has 0 saturated heterocycles. The lowest BCUT2D eigenvalue weighted by atomic mass is 9.49. The fraction of sp³-hybridized carbons (Fsp3) is 0.731. The summed E-state index contributed by atoms with van der Waals surface area (Å²) in [6, 6.07) is 0. The Morgan fingerprint density at radius 3 is 2.03 bits per heavy atom. The van der Waals surface area contributed by atoms with Gasteiger partial charge in [-0.3, -0.25) is 14.4 Å². The van der Waals surface area contributed by atoms with Gasteiger partial charge >= 0.3 is 17.9 Å². The summed E-state index contributed by atoms with van der Waals surface area (Å²) in [5, 5.41) is 21.8. The van der Waals surface area contributed by atoms with Gasteiger partial charge in [-0.05, 0) is 48.3 Å². The van der Waals surface area contributed by atoms with Crippen LogP contribution in [0.1, 0.15) is 67.7 Å². The predicted molar refractivity (Wildman–Crippen MR) is 123 cm³/mol. The number of aliphatic hydroxyl groups is 2. The number of rotatable bonds is 3. The smallest absolute Gasteiger partial charge is 0.303 e. The molecule has 0 radical (unpaired) electrons. The van der Waals surface area contributed by atoms with Crippen LogP contribution in [-0.2, 0) is 28.6 Å². The van der Waals surface area contributed by atoms with Crippen LogP contribution in [0, 0.1) is 22.7 Å². The van der Waals surface area contributed by atoms with E-state index in [4.69, 9.17) is 14.2 Å². The van der Waals surface area contributed by atoms with E-state index in [1.54, 1.807) is 6.92 Å². The first-order valence-corrected chi connectivity index (χ1v) is 11.9. The topological polar surface area (TPSA) is 119 Å². The van der Waals surface area contributed by atoms with E-state index in [1.807, 2.05) is 20.8 Å². The highest BCUT2D eigenvalue weighted by molar-refractivity contribution is 5.68. The van der Waals surface area contributed by atoms with E-state index in [-0.39, 0.29) is 5.92 Å². The van der Waals surface area contributed by atoms with Gasteiger partial charge in [0, 0.05) is 38.0 Å². The van der Waals surface area contributed by atoms with Crippen molar-refractivity contribution >= 4 is 17.9 Å². The van der Waals surface area contributed by atoms with Crippen LogP contribution in [0.5, 0.6) is 0 Å². The fourth-order valence-corrected chi connectivity index (χ4v) is 6.81. The summed E-state index contributed by atoms with van der Waals surface area (Å²) in [6.45, 7) is 15.7. The van der Waals surface area contributed by atoms with Gasteiger partial charge in [0.25, 0.3) is 0 Å². The van der Waals surface area contributed by atoms with Gasteiger partial charge in [-0.2, -0.15) is 0 Å². The molecule has 3 rings (SSSR count). The first-order valence-electron chi connectivity index (χ1n) is 11.9. The fourth-order valence-electron chi connectivity index (χ4n) is 6.81. The lowest BCUT2D eigenvalue weighted by molar-refractivity contribution is -0.203. The Hall–Kier alpha value is -2.19. The molecule has 8 atom stereocenters. The molecule has 190 valence electrons. The molecule has 0 heterocycles. The first-order chi connectivity index (χ1) is 15.6. The van der Waals surface area contributed by atoms with Crippen LogP contribution in [0.25, 0.3) is 0 Å². The number of carbonyl (C=O) groups is 3. The predicted octanol–water partition coefficient (Wildman–Crippen LogP) is 2.85. The molecule has 0 aromatic heterocycles. The SMILES string of the molecule is C=C1[C@@H](O)CC[C@@]2(C)[C@@H](OC(C)=O)[C@H](OC(C)=O)C3=C(C)[C@@H](O)C[C@@H]([C@@H](OC(C)=O)[C@H]12)C3(C)C. The zero-order valence-corrected chi connectivity index (χ0v) is 21.2. The standard InChI is InChI=1S/C26H38O8/c1-12-18(30)9-10-26(8)21(12)22(32-14(3)27)17-11-19(31)13(2)20(25(17,6)7)23(33-15(4)28)24(26)34-16(5)29/h17-19,21-24,30-31H,1,9-11H2,2-8H3/t17-,18-,19-,21-,22+,23+,24-,26+/m0/s1. The Labute approximate surface area is 201 Å². The van der Waals surface area contributed by atoms with Crippen molar-refractivity contribution in [1.29, 1.82) is 0 Å². The number of ether oxygens (including phenoxy) is 3. The van der Waals surface area contributed by atoms with Crippen molar-refractivity contribution in [3.8, 4) is 0 Å². The van der Waals surface area contributed by atoms with Crippen molar-refractivity contribution in [2.75, 3.05) is 0 Å². The molecule has 2 bridgehead atoms. The van der Waals surface area contributed by atoms with Gasteiger partial charge in [0.05, 0.1) is 12.2 Å². The maximum Gasteiger partial charge on any atom is 0.303 e. The maximum absolute atomic E-state index is 12.4. The quantitative estimate of drug-likeness (QED) is 0.361. The lowest BCUT2D eigenvalue weighted by Crippen LogP contribution is -2.64. The zero-order valence-electron chi connectivity index (χ0n) is 21.2. The zero-order chi connectivity index (χ0) is 25.7. The minimum atomic E-state index is -0.956. The van der Waals surface area contributed by atoms with Crippen molar-refractivity contribution in [1.82, 2.24) is 0 Å². The van der Waals surface area contributed by atoms with E-state index >= 15 is 0 Å². The van der Waals surface area contributed by atoms with Crippen molar-refractivity contribution < 1.29 is 38.8 Å². The maximum atomic E-state index is 12.4. The Morgan fingerprint density at radius 2 is 1.50 bits per heavy atom. The first kappa shape index (κ1) is 26.4. The molecule has 3 aliphatic carbocycles. The summed E-state index contributed by atoms with van der Waals surface area (Å²) in [5.41, 5.74) is 0.240. The molecule has 0 unspecified atom stereocenters. The second kappa shape index (κ2) is 9.11. The van der Waals surface area contributed by atoms with E-state index in [9.17, 15) is 24.6 Å². The monoisotopic (exact) mass is 478 g/mol.